The van der Waals surface area contributed by atoms with E-state index in [0.717, 1.165) is 36.9 Å². The van der Waals surface area contributed by atoms with Crippen LogP contribution in [0, 0.1) is 0 Å². The van der Waals surface area contributed by atoms with Gasteiger partial charge in [0.05, 0.1) is 0 Å². The molecule has 0 saturated carbocycles. The number of rotatable bonds is 4. The molecule has 1 aromatic rings. The molecule has 3 nitrogen and oxygen atoms in total. The van der Waals surface area contributed by atoms with E-state index in [4.69, 9.17) is 0 Å². The van der Waals surface area contributed by atoms with Crippen LogP contribution in [0.4, 0.5) is 0 Å². The second-order valence-electron chi connectivity index (χ2n) is 3.43. The molecule has 1 N–H and O–H groups in total. The molecule has 0 aliphatic heterocycles. The highest BCUT2D eigenvalue weighted by Gasteiger charge is 2.09. The van der Waals surface area contributed by atoms with Crippen LogP contribution in [0.3, 0.4) is 0 Å². The molecule has 1 rings (SSSR count). The molecule has 0 radical (unpaired) electrons. The summed E-state index contributed by atoms with van der Waals surface area (Å²) in [6.07, 6.45) is 3.98. The van der Waals surface area contributed by atoms with Gasteiger partial charge in [-0.1, -0.05) is 26.7 Å². The minimum Gasteiger partial charge on any atom is -0.300 e. The minimum absolute atomic E-state index is 0.144. The van der Waals surface area contributed by atoms with Crippen LogP contribution in [0.1, 0.15) is 37.9 Å². The van der Waals surface area contributed by atoms with Crippen LogP contribution in [0.25, 0.3) is 0 Å². The largest absolute Gasteiger partial charge is 0.300 e. The Morgan fingerprint density at radius 1 is 1.23 bits per heavy atom. The fourth-order valence-corrected chi connectivity index (χ4v) is 1.62. The first-order valence-electron chi connectivity index (χ1n) is 4.97. The smallest absolute Gasteiger partial charge is 0.269 e. The van der Waals surface area contributed by atoms with Crippen molar-refractivity contribution >= 4 is 0 Å². The highest BCUT2D eigenvalue weighted by Crippen LogP contribution is 2.06. The number of H-pyrrole nitrogens is 1. The maximum Gasteiger partial charge on any atom is 0.269 e. The van der Waals surface area contributed by atoms with Crippen molar-refractivity contribution in [2.24, 2.45) is 7.05 Å². The summed E-state index contributed by atoms with van der Waals surface area (Å²) in [6, 6.07) is 0. The number of hydrogen-bond donors (Lipinski definition) is 1. The van der Waals surface area contributed by atoms with Gasteiger partial charge in [-0.05, 0) is 12.8 Å². The first kappa shape index (κ1) is 10.1. The zero-order chi connectivity index (χ0) is 9.84. The Morgan fingerprint density at radius 2 is 1.85 bits per heavy atom. The maximum absolute atomic E-state index is 11.6. The van der Waals surface area contributed by atoms with Crippen molar-refractivity contribution < 1.29 is 0 Å². The third kappa shape index (κ3) is 2.02. The molecule has 13 heavy (non-hydrogen) atoms. The van der Waals surface area contributed by atoms with Crippen molar-refractivity contribution in [2.45, 2.75) is 39.5 Å². The molecule has 0 atom stereocenters. The Morgan fingerprint density at radius 3 is 2.38 bits per heavy atom. The predicted octanol–water partition coefficient (Wildman–Crippen LogP) is 1.62. The van der Waals surface area contributed by atoms with Gasteiger partial charge < -0.3 is 0 Å². The van der Waals surface area contributed by atoms with Crippen molar-refractivity contribution in [1.29, 1.82) is 0 Å². The topological polar surface area (TPSA) is 37.8 Å². The van der Waals surface area contributed by atoms with Gasteiger partial charge in [0, 0.05) is 18.3 Å². The molecule has 0 bridgehead atoms. The lowest BCUT2D eigenvalue weighted by Crippen LogP contribution is -2.15. The molecule has 1 aromatic heterocycles. The molecule has 0 saturated heterocycles. The van der Waals surface area contributed by atoms with Gasteiger partial charge >= 0.3 is 0 Å². The van der Waals surface area contributed by atoms with Crippen LogP contribution < -0.4 is 5.56 Å². The molecule has 74 valence electrons. The molecule has 0 aliphatic carbocycles. The molecule has 0 spiro atoms. The molecular formula is C10H18N2O. The SMILES string of the molecule is CCCc1[nH]n(C)c(=O)c1CCC. The summed E-state index contributed by atoms with van der Waals surface area (Å²) < 4.78 is 1.58. The van der Waals surface area contributed by atoms with Crippen LogP contribution in [0.15, 0.2) is 4.79 Å². The lowest BCUT2D eigenvalue weighted by atomic mass is 10.1. The van der Waals surface area contributed by atoms with Crippen LogP contribution >= 0.6 is 0 Å². The summed E-state index contributed by atoms with van der Waals surface area (Å²) >= 11 is 0. The number of hydrogen-bond acceptors (Lipinski definition) is 1. The average molecular weight is 182 g/mol. The second kappa shape index (κ2) is 4.30. The van der Waals surface area contributed by atoms with E-state index in [0.29, 0.717) is 0 Å². The Bertz CT molecular complexity index is 322. The molecule has 3 heteroatoms. The zero-order valence-electron chi connectivity index (χ0n) is 8.68. The van der Waals surface area contributed by atoms with Gasteiger partial charge in [0.25, 0.3) is 5.56 Å². The highest BCUT2D eigenvalue weighted by atomic mass is 16.1. The molecule has 0 aromatic carbocycles. The number of nitrogens with one attached hydrogen (secondary N) is 1. The zero-order valence-corrected chi connectivity index (χ0v) is 8.68. The van der Waals surface area contributed by atoms with Gasteiger partial charge in [0.1, 0.15) is 0 Å². The van der Waals surface area contributed by atoms with Crippen LogP contribution in [-0.2, 0) is 19.9 Å². The minimum atomic E-state index is 0.144. The van der Waals surface area contributed by atoms with Crippen molar-refractivity contribution in [1.82, 2.24) is 9.78 Å². The van der Waals surface area contributed by atoms with Gasteiger partial charge in [0.2, 0.25) is 0 Å². The third-order valence-corrected chi connectivity index (χ3v) is 2.23. The van der Waals surface area contributed by atoms with E-state index >= 15 is 0 Å². The Kier molecular flexibility index (Phi) is 3.34. The highest BCUT2D eigenvalue weighted by molar-refractivity contribution is 5.17. The summed E-state index contributed by atoms with van der Waals surface area (Å²) in [5, 5.41) is 3.10. The van der Waals surface area contributed by atoms with Crippen LogP contribution in [-0.4, -0.2) is 9.78 Å². The van der Waals surface area contributed by atoms with Gasteiger partial charge in [-0.25, -0.2) is 0 Å². The van der Waals surface area contributed by atoms with E-state index in [2.05, 4.69) is 18.9 Å². The summed E-state index contributed by atoms with van der Waals surface area (Å²) in [6.45, 7) is 4.23. The lowest BCUT2D eigenvalue weighted by Gasteiger charge is -1.97. The predicted molar refractivity (Wildman–Crippen MR) is 54.0 cm³/mol. The number of aryl methyl sites for hydroxylation is 2. The van der Waals surface area contributed by atoms with E-state index in [1.165, 1.54) is 0 Å². The van der Waals surface area contributed by atoms with Crippen molar-refractivity contribution in [3.8, 4) is 0 Å². The Hall–Kier alpha value is -0.990. The van der Waals surface area contributed by atoms with Crippen molar-refractivity contribution in [2.75, 3.05) is 0 Å². The number of aromatic amines is 1. The van der Waals surface area contributed by atoms with E-state index in [1.54, 1.807) is 11.7 Å². The first-order valence-corrected chi connectivity index (χ1v) is 4.97. The summed E-state index contributed by atoms with van der Waals surface area (Å²) in [5.74, 6) is 0. The van der Waals surface area contributed by atoms with Crippen LogP contribution in [0.5, 0.6) is 0 Å². The van der Waals surface area contributed by atoms with Crippen molar-refractivity contribution in [3.05, 3.63) is 21.6 Å². The Balaban J connectivity index is 3.03. The second-order valence-corrected chi connectivity index (χ2v) is 3.43. The van der Waals surface area contributed by atoms with Gasteiger partial charge in [0.15, 0.2) is 0 Å². The van der Waals surface area contributed by atoms with Gasteiger partial charge in [-0.2, -0.15) is 0 Å². The molecule has 0 amide bonds. The third-order valence-electron chi connectivity index (χ3n) is 2.23. The standard InChI is InChI=1S/C10H18N2O/c1-4-6-8-9(7-5-2)11-12(3)10(8)13/h11H,4-7H2,1-3H3. The van der Waals surface area contributed by atoms with E-state index < -0.39 is 0 Å². The molecular weight excluding hydrogens is 164 g/mol. The fraction of sp³-hybridized carbons (Fsp3) is 0.700. The monoisotopic (exact) mass is 182 g/mol. The molecule has 0 aliphatic rings. The Labute approximate surface area is 78.8 Å². The fourth-order valence-electron chi connectivity index (χ4n) is 1.62. The van der Waals surface area contributed by atoms with E-state index in [9.17, 15) is 4.79 Å². The quantitative estimate of drug-likeness (QED) is 0.755. The van der Waals surface area contributed by atoms with Gasteiger partial charge in [-0.3, -0.25) is 14.6 Å². The summed E-state index contributed by atoms with van der Waals surface area (Å²) in [4.78, 5) is 11.6. The van der Waals surface area contributed by atoms with E-state index in [-0.39, 0.29) is 5.56 Å². The molecule has 0 fully saturated rings. The molecule has 0 unspecified atom stereocenters. The maximum atomic E-state index is 11.6. The first-order chi connectivity index (χ1) is 6.20. The lowest BCUT2D eigenvalue weighted by molar-refractivity contribution is 0.713. The number of nitrogens with zero attached hydrogens (tertiary/aromatic N) is 1. The van der Waals surface area contributed by atoms with Crippen molar-refractivity contribution in [3.63, 3.8) is 0 Å². The average Bonchev–Trinajstić information content (AvgIpc) is 2.34. The summed E-state index contributed by atoms with van der Waals surface area (Å²) in [5.41, 5.74) is 2.24. The summed E-state index contributed by atoms with van der Waals surface area (Å²) in [7, 11) is 1.78. The van der Waals surface area contributed by atoms with Crippen LogP contribution in [0.2, 0.25) is 0 Å². The van der Waals surface area contributed by atoms with Gasteiger partial charge in [-0.15, -0.1) is 0 Å². The number of aromatic nitrogens is 2. The molecule has 1 heterocycles. The van der Waals surface area contributed by atoms with E-state index in [1.807, 2.05) is 0 Å². The normalized spacial score (nSPS) is 10.7.